The molecule has 0 aliphatic heterocycles. The number of aryl methyl sites for hydroxylation is 1. The summed E-state index contributed by atoms with van der Waals surface area (Å²) in [5.74, 6) is 0.179. The molecule has 0 radical (unpaired) electrons. The van der Waals surface area contributed by atoms with Crippen molar-refractivity contribution in [2.45, 2.75) is 20.4 Å². The summed E-state index contributed by atoms with van der Waals surface area (Å²) in [6, 6.07) is 6.56. The fourth-order valence-electron chi connectivity index (χ4n) is 2.09. The SMILES string of the molecule is CCNC(=NCc1ccccc1F)NCCNC(=O)c1scnc1C.I. The Morgan fingerprint density at radius 2 is 1.96 bits per heavy atom. The fraction of sp³-hybridized carbons (Fsp3) is 0.353. The number of rotatable bonds is 7. The molecule has 26 heavy (non-hydrogen) atoms. The van der Waals surface area contributed by atoms with Gasteiger partial charge in [0.15, 0.2) is 5.96 Å². The number of hydrogen-bond acceptors (Lipinski definition) is 4. The smallest absolute Gasteiger partial charge is 0.263 e. The number of nitrogens with zero attached hydrogens (tertiary/aromatic N) is 2. The maximum absolute atomic E-state index is 13.6. The van der Waals surface area contributed by atoms with E-state index < -0.39 is 0 Å². The first kappa shape index (κ1) is 22.3. The molecule has 6 nitrogen and oxygen atoms in total. The van der Waals surface area contributed by atoms with Gasteiger partial charge in [-0.3, -0.25) is 4.79 Å². The van der Waals surface area contributed by atoms with Gasteiger partial charge >= 0.3 is 0 Å². The van der Waals surface area contributed by atoms with Gasteiger partial charge < -0.3 is 16.0 Å². The molecule has 0 atom stereocenters. The average Bonchev–Trinajstić information content (AvgIpc) is 3.03. The lowest BCUT2D eigenvalue weighted by Crippen LogP contribution is -2.41. The van der Waals surface area contributed by atoms with Gasteiger partial charge in [0.05, 0.1) is 17.7 Å². The van der Waals surface area contributed by atoms with E-state index in [-0.39, 0.29) is 42.2 Å². The summed E-state index contributed by atoms with van der Waals surface area (Å²) >= 11 is 1.32. The number of aliphatic imine (C=N–C) groups is 1. The van der Waals surface area contributed by atoms with Crippen LogP contribution < -0.4 is 16.0 Å². The summed E-state index contributed by atoms with van der Waals surface area (Å²) in [5, 5.41) is 9.04. The monoisotopic (exact) mass is 491 g/mol. The highest BCUT2D eigenvalue weighted by atomic mass is 127. The van der Waals surface area contributed by atoms with E-state index in [4.69, 9.17) is 0 Å². The largest absolute Gasteiger partial charge is 0.357 e. The van der Waals surface area contributed by atoms with E-state index in [1.54, 1.807) is 23.7 Å². The number of carbonyl (C=O) groups excluding carboxylic acids is 1. The molecule has 0 bridgehead atoms. The number of amides is 1. The van der Waals surface area contributed by atoms with Crippen LogP contribution in [0.5, 0.6) is 0 Å². The lowest BCUT2D eigenvalue weighted by atomic mass is 10.2. The van der Waals surface area contributed by atoms with Gasteiger partial charge in [-0.05, 0) is 19.9 Å². The highest BCUT2D eigenvalue weighted by molar-refractivity contribution is 14.0. The Labute approximate surface area is 173 Å². The number of carbonyl (C=O) groups is 1. The molecule has 1 aromatic heterocycles. The summed E-state index contributed by atoms with van der Waals surface area (Å²) in [6.45, 7) is 5.65. The van der Waals surface area contributed by atoms with E-state index in [2.05, 4.69) is 25.9 Å². The van der Waals surface area contributed by atoms with Gasteiger partial charge in [0.1, 0.15) is 10.7 Å². The van der Waals surface area contributed by atoms with Crippen molar-refractivity contribution in [1.29, 1.82) is 0 Å². The van der Waals surface area contributed by atoms with E-state index in [1.807, 2.05) is 13.8 Å². The molecule has 2 rings (SSSR count). The van der Waals surface area contributed by atoms with Gasteiger partial charge in [0, 0.05) is 25.2 Å². The van der Waals surface area contributed by atoms with Crippen LogP contribution in [0, 0.1) is 12.7 Å². The van der Waals surface area contributed by atoms with E-state index in [0.29, 0.717) is 36.0 Å². The molecular formula is C17H23FIN5OS. The molecule has 0 aliphatic carbocycles. The number of halogens is 2. The van der Waals surface area contributed by atoms with Crippen LogP contribution >= 0.6 is 35.3 Å². The van der Waals surface area contributed by atoms with Crippen molar-refractivity contribution in [2.24, 2.45) is 4.99 Å². The van der Waals surface area contributed by atoms with Crippen molar-refractivity contribution in [3.05, 3.63) is 51.7 Å². The van der Waals surface area contributed by atoms with Gasteiger partial charge in [-0.25, -0.2) is 14.4 Å². The van der Waals surface area contributed by atoms with E-state index in [1.165, 1.54) is 17.4 Å². The minimum absolute atomic E-state index is 0. The first-order valence-corrected chi connectivity index (χ1v) is 8.93. The van der Waals surface area contributed by atoms with Crippen molar-refractivity contribution < 1.29 is 9.18 Å². The van der Waals surface area contributed by atoms with Crippen LogP contribution in [0.1, 0.15) is 27.9 Å². The highest BCUT2D eigenvalue weighted by Crippen LogP contribution is 2.11. The number of thiazole rings is 1. The lowest BCUT2D eigenvalue weighted by molar-refractivity contribution is 0.0957. The van der Waals surface area contributed by atoms with Crippen molar-refractivity contribution >= 4 is 47.2 Å². The second kappa shape index (κ2) is 11.8. The number of aromatic nitrogens is 1. The Morgan fingerprint density at radius 1 is 1.23 bits per heavy atom. The molecule has 9 heteroatoms. The topological polar surface area (TPSA) is 78.4 Å². The van der Waals surface area contributed by atoms with Crippen molar-refractivity contribution in [3.8, 4) is 0 Å². The van der Waals surface area contributed by atoms with Crippen LogP contribution in [0.15, 0.2) is 34.8 Å². The number of hydrogen-bond donors (Lipinski definition) is 3. The molecule has 3 N–H and O–H groups in total. The molecule has 1 heterocycles. The van der Waals surface area contributed by atoms with Crippen LogP contribution in [0.25, 0.3) is 0 Å². The van der Waals surface area contributed by atoms with E-state index in [0.717, 1.165) is 5.69 Å². The quantitative estimate of drug-likeness (QED) is 0.241. The molecule has 2 aromatic rings. The van der Waals surface area contributed by atoms with Crippen LogP contribution in [-0.2, 0) is 6.54 Å². The fourth-order valence-corrected chi connectivity index (χ4v) is 2.81. The molecule has 0 saturated heterocycles. The zero-order valence-electron chi connectivity index (χ0n) is 14.7. The minimum atomic E-state index is -0.269. The number of guanidine groups is 1. The molecule has 0 fully saturated rings. The first-order chi connectivity index (χ1) is 12.1. The van der Waals surface area contributed by atoms with E-state index in [9.17, 15) is 9.18 Å². The Hall–Kier alpha value is -1.75. The summed E-state index contributed by atoms with van der Waals surface area (Å²) in [5.41, 5.74) is 2.92. The van der Waals surface area contributed by atoms with Gasteiger partial charge in [-0.15, -0.1) is 35.3 Å². The summed E-state index contributed by atoms with van der Waals surface area (Å²) in [6.07, 6.45) is 0. The molecule has 1 amide bonds. The average molecular weight is 491 g/mol. The molecule has 0 unspecified atom stereocenters. The Kier molecular flexibility index (Phi) is 10.1. The standard InChI is InChI=1S/C17H22FN5OS.HI/c1-3-19-17(22-10-13-6-4-5-7-14(13)18)21-9-8-20-16(24)15-12(2)23-11-25-15;/h4-7,11H,3,8-10H2,1-2H3,(H,20,24)(H2,19,21,22);1H. The van der Waals surface area contributed by atoms with Crippen LogP contribution in [-0.4, -0.2) is 36.5 Å². The molecule has 0 spiro atoms. The second-order valence-corrected chi connectivity index (χ2v) is 6.09. The third kappa shape index (κ3) is 6.87. The first-order valence-electron chi connectivity index (χ1n) is 8.05. The van der Waals surface area contributed by atoms with Gasteiger partial charge in [0.25, 0.3) is 5.91 Å². The third-order valence-electron chi connectivity index (χ3n) is 3.36. The van der Waals surface area contributed by atoms with Crippen LogP contribution in [0.3, 0.4) is 0 Å². The van der Waals surface area contributed by atoms with Crippen molar-refractivity contribution in [2.75, 3.05) is 19.6 Å². The number of benzene rings is 1. The maximum Gasteiger partial charge on any atom is 0.263 e. The molecule has 0 aliphatic rings. The lowest BCUT2D eigenvalue weighted by Gasteiger charge is -2.12. The Bertz CT molecular complexity index is 737. The molecule has 0 saturated carbocycles. The zero-order chi connectivity index (χ0) is 18.1. The van der Waals surface area contributed by atoms with E-state index >= 15 is 0 Å². The van der Waals surface area contributed by atoms with Gasteiger partial charge in [-0.2, -0.15) is 0 Å². The maximum atomic E-state index is 13.6. The summed E-state index contributed by atoms with van der Waals surface area (Å²) in [4.78, 5) is 21.0. The summed E-state index contributed by atoms with van der Waals surface area (Å²) in [7, 11) is 0. The Morgan fingerprint density at radius 3 is 2.62 bits per heavy atom. The Balaban J connectivity index is 0.00000338. The van der Waals surface area contributed by atoms with Crippen molar-refractivity contribution in [3.63, 3.8) is 0 Å². The normalized spacial score (nSPS) is 10.8. The second-order valence-electron chi connectivity index (χ2n) is 5.24. The van der Waals surface area contributed by atoms with Crippen LogP contribution in [0.2, 0.25) is 0 Å². The minimum Gasteiger partial charge on any atom is -0.357 e. The van der Waals surface area contributed by atoms with Gasteiger partial charge in [-0.1, -0.05) is 18.2 Å². The highest BCUT2D eigenvalue weighted by Gasteiger charge is 2.10. The molecule has 1 aromatic carbocycles. The van der Waals surface area contributed by atoms with Crippen LogP contribution in [0.4, 0.5) is 4.39 Å². The predicted octanol–water partition coefficient (Wildman–Crippen LogP) is 2.69. The summed E-state index contributed by atoms with van der Waals surface area (Å²) < 4.78 is 13.6. The zero-order valence-corrected chi connectivity index (χ0v) is 17.9. The molecular weight excluding hydrogens is 468 g/mol. The predicted molar refractivity (Wildman–Crippen MR) is 114 cm³/mol. The number of nitrogens with one attached hydrogen (secondary N) is 3. The molecule has 142 valence electrons. The van der Waals surface area contributed by atoms with Crippen molar-refractivity contribution in [1.82, 2.24) is 20.9 Å². The van der Waals surface area contributed by atoms with Gasteiger partial charge in [0.2, 0.25) is 0 Å². The third-order valence-corrected chi connectivity index (χ3v) is 4.29.